The molecule has 1 aromatic rings. The summed E-state index contributed by atoms with van der Waals surface area (Å²) >= 11 is 1.77. The number of benzene rings is 1. The van der Waals surface area contributed by atoms with E-state index >= 15 is 0 Å². The normalized spacial score (nSPS) is 20.1. The van der Waals surface area contributed by atoms with Crippen molar-refractivity contribution in [1.82, 2.24) is 0 Å². The van der Waals surface area contributed by atoms with Crippen LogP contribution in [0.2, 0.25) is 0 Å². The molecule has 1 aliphatic rings. The number of rotatable bonds is 2. The molecule has 104 valence electrons. The smallest absolute Gasteiger partial charge is 0.268 e. The molecule has 1 heterocycles. The van der Waals surface area contributed by atoms with Gasteiger partial charge in [0, 0.05) is 21.6 Å². The van der Waals surface area contributed by atoms with Crippen molar-refractivity contribution in [3.05, 3.63) is 29.3 Å². The number of thioether (sulfide) groups is 1. The Kier molecular flexibility index (Phi) is 3.66. The Labute approximate surface area is 118 Å². The molecular weight excluding hydrogens is 282 g/mol. The molecule has 0 spiro atoms. The molecule has 0 saturated heterocycles. The van der Waals surface area contributed by atoms with Crippen LogP contribution in [0, 0.1) is 6.92 Å². The van der Waals surface area contributed by atoms with E-state index in [-0.39, 0.29) is 4.75 Å². The second kappa shape index (κ2) is 4.83. The fourth-order valence-corrected chi connectivity index (χ4v) is 3.44. The van der Waals surface area contributed by atoms with E-state index in [0.29, 0.717) is 12.1 Å². The van der Waals surface area contributed by atoms with Gasteiger partial charge in [0.15, 0.2) is 0 Å². The highest BCUT2D eigenvalue weighted by Gasteiger charge is 2.31. The van der Waals surface area contributed by atoms with Crippen LogP contribution in [0.1, 0.15) is 31.4 Å². The molecule has 0 aromatic heterocycles. The molecule has 0 aliphatic carbocycles. The van der Waals surface area contributed by atoms with Crippen LogP contribution >= 0.6 is 11.8 Å². The summed E-state index contributed by atoms with van der Waals surface area (Å²) in [6.07, 6.45) is 1.67. The molecule has 0 N–H and O–H groups in total. The summed E-state index contributed by atoms with van der Waals surface area (Å²) in [6.45, 7) is 6.21. The van der Waals surface area contributed by atoms with Gasteiger partial charge in [0.25, 0.3) is 0 Å². The summed E-state index contributed by atoms with van der Waals surface area (Å²) in [4.78, 5) is 1.11. The van der Waals surface area contributed by atoms with E-state index in [2.05, 4.69) is 23.3 Å². The minimum absolute atomic E-state index is 0.0258. The quantitative estimate of drug-likeness (QED) is 0.788. The van der Waals surface area contributed by atoms with Gasteiger partial charge in [0.05, 0.1) is 12.0 Å². The summed E-state index contributed by atoms with van der Waals surface area (Å²) in [7, 11) is -3.57. The standard InChI is InChI=1S/C13H17NO3S2/c1-9-5-6-12-10(7-9)11(8-13(2,3)18-12)14-17-19(4,15)16/h5-7H,8H2,1-4H3/b14-11+. The Morgan fingerprint density at radius 3 is 2.68 bits per heavy atom. The maximum absolute atomic E-state index is 11.1. The van der Waals surface area contributed by atoms with E-state index in [1.165, 1.54) is 0 Å². The van der Waals surface area contributed by atoms with Crippen molar-refractivity contribution in [3.8, 4) is 0 Å². The molecule has 2 rings (SSSR count). The summed E-state index contributed by atoms with van der Waals surface area (Å²) in [5.41, 5.74) is 2.77. The van der Waals surface area contributed by atoms with Crippen molar-refractivity contribution in [1.29, 1.82) is 0 Å². The number of oxime groups is 1. The molecule has 0 amide bonds. The van der Waals surface area contributed by atoms with Crippen molar-refractivity contribution >= 4 is 27.6 Å². The van der Waals surface area contributed by atoms with E-state index in [1.807, 2.05) is 25.1 Å². The average Bonchev–Trinajstić information content (AvgIpc) is 2.25. The largest absolute Gasteiger partial charge is 0.325 e. The zero-order valence-electron chi connectivity index (χ0n) is 11.4. The summed E-state index contributed by atoms with van der Waals surface area (Å²) in [6, 6.07) is 6.11. The Morgan fingerprint density at radius 1 is 1.37 bits per heavy atom. The van der Waals surface area contributed by atoms with Gasteiger partial charge in [-0.3, -0.25) is 4.28 Å². The van der Waals surface area contributed by atoms with Crippen LogP contribution in [0.15, 0.2) is 28.3 Å². The SMILES string of the molecule is Cc1ccc2c(c1)/C(=N/OS(C)(=O)=O)CC(C)(C)S2. The molecule has 6 heteroatoms. The first-order valence-corrected chi connectivity index (χ1v) is 8.55. The van der Waals surface area contributed by atoms with Gasteiger partial charge in [-0.15, -0.1) is 11.8 Å². The third-order valence-electron chi connectivity index (χ3n) is 2.71. The number of aryl methyl sites for hydroxylation is 1. The molecule has 0 unspecified atom stereocenters. The number of hydrogen-bond acceptors (Lipinski definition) is 5. The lowest BCUT2D eigenvalue weighted by Gasteiger charge is -2.31. The molecule has 19 heavy (non-hydrogen) atoms. The van der Waals surface area contributed by atoms with Crippen LogP contribution in [0.3, 0.4) is 0 Å². The van der Waals surface area contributed by atoms with Crippen molar-refractivity contribution in [2.75, 3.05) is 6.26 Å². The second-order valence-corrected chi connectivity index (χ2v) is 8.66. The highest BCUT2D eigenvalue weighted by molar-refractivity contribution is 8.00. The topological polar surface area (TPSA) is 55.7 Å². The molecule has 4 nitrogen and oxygen atoms in total. The van der Waals surface area contributed by atoms with Gasteiger partial charge in [0.2, 0.25) is 0 Å². The van der Waals surface area contributed by atoms with Crippen LogP contribution in [0.5, 0.6) is 0 Å². The number of nitrogens with zero attached hydrogens (tertiary/aromatic N) is 1. The highest BCUT2D eigenvalue weighted by Crippen LogP contribution is 2.43. The zero-order chi connectivity index (χ0) is 14.3. The molecule has 1 aromatic carbocycles. The first-order valence-electron chi connectivity index (χ1n) is 5.92. The molecular formula is C13H17NO3S2. The Bertz CT molecular complexity index is 633. The lowest BCUT2D eigenvalue weighted by molar-refractivity contribution is 0.341. The predicted molar refractivity (Wildman–Crippen MR) is 78.2 cm³/mol. The van der Waals surface area contributed by atoms with Crippen molar-refractivity contribution in [2.24, 2.45) is 5.16 Å². The van der Waals surface area contributed by atoms with Crippen LogP contribution in [0.4, 0.5) is 0 Å². The summed E-state index contributed by atoms with van der Waals surface area (Å²) in [5, 5.41) is 3.85. The van der Waals surface area contributed by atoms with Crippen molar-refractivity contribution in [3.63, 3.8) is 0 Å². The van der Waals surface area contributed by atoms with E-state index in [9.17, 15) is 8.42 Å². The van der Waals surface area contributed by atoms with Gasteiger partial charge < -0.3 is 0 Å². The zero-order valence-corrected chi connectivity index (χ0v) is 13.1. The van der Waals surface area contributed by atoms with E-state index in [1.54, 1.807) is 11.8 Å². The van der Waals surface area contributed by atoms with E-state index in [4.69, 9.17) is 0 Å². The van der Waals surface area contributed by atoms with E-state index in [0.717, 1.165) is 22.3 Å². The maximum atomic E-state index is 11.1. The Balaban J connectivity index is 2.47. The maximum Gasteiger partial charge on any atom is 0.325 e. The summed E-state index contributed by atoms with van der Waals surface area (Å²) in [5.74, 6) is 0. The molecule has 1 aliphatic heterocycles. The van der Waals surface area contributed by atoms with Crippen LogP contribution in [-0.4, -0.2) is 25.1 Å². The van der Waals surface area contributed by atoms with Gasteiger partial charge in [-0.05, 0) is 32.9 Å². The van der Waals surface area contributed by atoms with Crippen LogP contribution in [-0.2, 0) is 14.4 Å². The summed E-state index contributed by atoms with van der Waals surface area (Å²) < 4.78 is 26.7. The van der Waals surface area contributed by atoms with Crippen LogP contribution in [0.25, 0.3) is 0 Å². The van der Waals surface area contributed by atoms with Gasteiger partial charge in [-0.2, -0.15) is 8.42 Å². The van der Waals surface area contributed by atoms with Gasteiger partial charge in [-0.25, -0.2) is 0 Å². The lowest BCUT2D eigenvalue weighted by atomic mass is 9.97. The molecule has 0 atom stereocenters. The molecule has 0 radical (unpaired) electrons. The van der Waals surface area contributed by atoms with Crippen LogP contribution < -0.4 is 0 Å². The Morgan fingerprint density at radius 2 is 2.05 bits per heavy atom. The lowest BCUT2D eigenvalue weighted by Crippen LogP contribution is -2.26. The van der Waals surface area contributed by atoms with Crippen molar-refractivity contribution < 1.29 is 12.7 Å². The molecule has 0 bridgehead atoms. The molecule has 0 fully saturated rings. The first kappa shape index (κ1) is 14.4. The number of fused-ring (bicyclic) bond motifs is 1. The third-order valence-corrected chi connectivity index (χ3v) is 4.33. The average molecular weight is 299 g/mol. The highest BCUT2D eigenvalue weighted by atomic mass is 32.2. The number of hydrogen-bond donors (Lipinski definition) is 0. The fourth-order valence-electron chi connectivity index (χ4n) is 1.98. The predicted octanol–water partition coefficient (Wildman–Crippen LogP) is 2.95. The van der Waals surface area contributed by atoms with Gasteiger partial charge in [0.1, 0.15) is 0 Å². The first-order chi connectivity index (χ1) is 8.66. The third kappa shape index (κ3) is 3.73. The molecule has 0 saturated carbocycles. The van der Waals surface area contributed by atoms with Gasteiger partial charge in [-0.1, -0.05) is 16.8 Å². The minimum Gasteiger partial charge on any atom is -0.268 e. The van der Waals surface area contributed by atoms with Gasteiger partial charge >= 0.3 is 10.1 Å². The second-order valence-electron chi connectivity index (χ2n) is 5.35. The fraction of sp³-hybridized carbons (Fsp3) is 0.462. The monoisotopic (exact) mass is 299 g/mol. The van der Waals surface area contributed by atoms with Crippen molar-refractivity contribution in [2.45, 2.75) is 36.8 Å². The minimum atomic E-state index is -3.57. The van der Waals surface area contributed by atoms with E-state index < -0.39 is 10.1 Å². The Hall–Kier alpha value is -1.01.